The number of rotatable bonds is 5. The topological polar surface area (TPSA) is 75.7 Å². The van der Waals surface area contributed by atoms with Crippen LogP contribution in [0.1, 0.15) is 18.9 Å². The quantitative estimate of drug-likeness (QED) is 0.505. The molecule has 0 saturated carbocycles. The second-order valence-electron chi connectivity index (χ2n) is 6.10. The Balaban J connectivity index is 1.99. The average molecular weight is 454 g/mol. The number of hydrogen-bond donors (Lipinski definition) is 1. The van der Waals surface area contributed by atoms with Gasteiger partial charge < -0.3 is 4.74 Å². The highest BCUT2D eigenvalue weighted by Crippen LogP contribution is 2.35. The lowest BCUT2D eigenvalue weighted by molar-refractivity contribution is -0.122. The summed E-state index contributed by atoms with van der Waals surface area (Å²) in [4.78, 5) is 38.2. The van der Waals surface area contributed by atoms with Crippen LogP contribution in [-0.2, 0) is 9.59 Å². The summed E-state index contributed by atoms with van der Waals surface area (Å²) in [6.07, 6.45) is 2.09. The second kappa shape index (κ2) is 8.86. The van der Waals surface area contributed by atoms with E-state index < -0.39 is 17.8 Å². The van der Waals surface area contributed by atoms with Crippen LogP contribution in [0.25, 0.3) is 6.08 Å². The van der Waals surface area contributed by atoms with E-state index in [1.54, 1.807) is 12.1 Å². The highest BCUT2D eigenvalue weighted by atomic mass is 35.5. The van der Waals surface area contributed by atoms with Crippen LogP contribution in [-0.4, -0.2) is 24.5 Å². The summed E-state index contributed by atoms with van der Waals surface area (Å²) in [6.45, 7) is 2.39. The van der Waals surface area contributed by atoms with Gasteiger partial charge in [-0.25, -0.2) is 9.69 Å². The van der Waals surface area contributed by atoms with Crippen LogP contribution in [0, 0.1) is 0 Å². The van der Waals surface area contributed by atoms with Crippen molar-refractivity contribution in [2.45, 2.75) is 13.3 Å². The fraction of sp³-hybridized carbons (Fsp3) is 0.150. The number of carbonyl (C=O) groups excluding carboxylic acids is 3. The molecule has 4 amide bonds. The second-order valence-corrected chi connectivity index (χ2v) is 7.35. The fourth-order valence-corrected chi connectivity index (χ4v) is 3.48. The lowest BCUT2D eigenvalue weighted by Gasteiger charge is -2.26. The van der Waals surface area contributed by atoms with Crippen LogP contribution in [0.4, 0.5) is 10.5 Å². The van der Waals surface area contributed by atoms with Gasteiger partial charge in [-0.15, -0.1) is 0 Å². The highest BCUT2D eigenvalue weighted by molar-refractivity contribution is 6.40. The monoisotopic (exact) mass is 452 g/mol. The molecular weight excluding hydrogens is 439 g/mol. The fourth-order valence-electron chi connectivity index (χ4n) is 2.68. The van der Waals surface area contributed by atoms with Crippen LogP contribution in [0.2, 0.25) is 15.1 Å². The number of barbiturate groups is 1. The molecule has 0 aromatic heterocycles. The lowest BCUT2D eigenvalue weighted by atomic mass is 10.1. The van der Waals surface area contributed by atoms with Gasteiger partial charge >= 0.3 is 6.03 Å². The number of nitrogens with zero attached hydrogens (tertiary/aromatic N) is 1. The molecule has 1 fully saturated rings. The van der Waals surface area contributed by atoms with Crippen molar-refractivity contribution >= 4 is 64.4 Å². The molecule has 0 radical (unpaired) electrons. The Hall–Kier alpha value is -2.54. The first-order valence-electron chi connectivity index (χ1n) is 8.60. The minimum absolute atomic E-state index is 0.234. The predicted octanol–water partition coefficient (Wildman–Crippen LogP) is 5.10. The zero-order chi connectivity index (χ0) is 21.1. The van der Waals surface area contributed by atoms with Gasteiger partial charge in [-0.05, 0) is 48.4 Å². The number of imide groups is 2. The van der Waals surface area contributed by atoms with E-state index in [0.717, 1.165) is 11.3 Å². The molecule has 0 spiro atoms. The molecular formula is C20H15Cl3N2O4. The van der Waals surface area contributed by atoms with Crippen molar-refractivity contribution in [3.63, 3.8) is 0 Å². The number of benzene rings is 2. The van der Waals surface area contributed by atoms with Gasteiger partial charge in [0.2, 0.25) is 0 Å². The van der Waals surface area contributed by atoms with Gasteiger partial charge in [-0.2, -0.15) is 0 Å². The number of anilines is 1. The summed E-state index contributed by atoms with van der Waals surface area (Å²) >= 11 is 18.4. The van der Waals surface area contributed by atoms with Crippen molar-refractivity contribution in [2.24, 2.45) is 0 Å². The molecule has 150 valence electrons. The van der Waals surface area contributed by atoms with Crippen LogP contribution in [0.3, 0.4) is 0 Å². The molecule has 2 aromatic carbocycles. The van der Waals surface area contributed by atoms with Gasteiger partial charge in [0, 0.05) is 5.02 Å². The molecule has 1 N–H and O–H groups in total. The molecule has 1 saturated heterocycles. The first-order chi connectivity index (χ1) is 13.8. The van der Waals surface area contributed by atoms with Gasteiger partial charge in [-0.3, -0.25) is 14.9 Å². The smallest absolute Gasteiger partial charge is 0.335 e. The number of hydrogen-bond acceptors (Lipinski definition) is 4. The van der Waals surface area contributed by atoms with E-state index >= 15 is 0 Å². The third-order valence-electron chi connectivity index (χ3n) is 3.95. The molecule has 29 heavy (non-hydrogen) atoms. The number of nitrogens with one attached hydrogen (secondary N) is 1. The molecule has 1 heterocycles. The maximum atomic E-state index is 12.9. The van der Waals surface area contributed by atoms with E-state index in [0.29, 0.717) is 22.9 Å². The Morgan fingerprint density at radius 1 is 1.07 bits per heavy atom. The normalized spacial score (nSPS) is 15.7. The number of carbonyl (C=O) groups is 3. The SMILES string of the molecule is CCCOc1c(Cl)cc(/C=C2\C(=O)NC(=O)N(c3cccc(Cl)c3)C2=O)cc1Cl. The predicted molar refractivity (Wildman–Crippen MR) is 113 cm³/mol. The molecule has 0 atom stereocenters. The summed E-state index contributed by atoms with van der Waals surface area (Å²) in [5, 5.41) is 2.96. The number of amides is 4. The third kappa shape index (κ3) is 4.56. The number of ether oxygens (including phenoxy) is 1. The van der Waals surface area contributed by atoms with E-state index in [2.05, 4.69) is 5.32 Å². The summed E-state index contributed by atoms with van der Waals surface area (Å²) in [7, 11) is 0. The summed E-state index contributed by atoms with van der Waals surface area (Å²) < 4.78 is 5.51. The van der Waals surface area contributed by atoms with E-state index in [1.165, 1.54) is 30.3 Å². The van der Waals surface area contributed by atoms with Crippen molar-refractivity contribution in [1.82, 2.24) is 5.32 Å². The van der Waals surface area contributed by atoms with E-state index in [-0.39, 0.29) is 21.3 Å². The molecule has 0 unspecified atom stereocenters. The Bertz CT molecular complexity index is 1010. The van der Waals surface area contributed by atoms with E-state index in [9.17, 15) is 14.4 Å². The minimum atomic E-state index is -0.862. The molecule has 0 bridgehead atoms. The van der Waals surface area contributed by atoms with Crippen LogP contribution in [0.15, 0.2) is 42.0 Å². The van der Waals surface area contributed by atoms with Gasteiger partial charge in [0.15, 0.2) is 5.75 Å². The van der Waals surface area contributed by atoms with Crippen LogP contribution in [0.5, 0.6) is 5.75 Å². The van der Waals surface area contributed by atoms with Gasteiger partial charge in [0.25, 0.3) is 11.8 Å². The first kappa shape index (κ1) is 21.2. The molecule has 2 aromatic rings. The zero-order valence-electron chi connectivity index (χ0n) is 15.2. The van der Waals surface area contributed by atoms with Crippen molar-refractivity contribution in [3.8, 4) is 5.75 Å². The maximum Gasteiger partial charge on any atom is 0.335 e. The standard InChI is InChI=1S/C20H15Cl3N2O4/c1-2-6-29-17-15(22)8-11(9-16(17)23)7-14-18(26)24-20(28)25(19(14)27)13-5-3-4-12(21)10-13/h3-5,7-10H,2,6H2,1H3,(H,24,26,28)/b14-7+. The Morgan fingerprint density at radius 3 is 2.38 bits per heavy atom. The Labute approximate surface area is 182 Å². The Morgan fingerprint density at radius 2 is 1.76 bits per heavy atom. The highest BCUT2D eigenvalue weighted by Gasteiger charge is 2.36. The summed E-state index contributed by atoms with van der Waals surface area (Å²) in [6, 6.07) is 8.35. The lowest BCUT2D eigenvalue weighted by Crippen LogP contribution is -2.54. The van der Waals surface area contributed by atoms with Gasteiger partial charge in [0.05, 0.1) is 22.3 Å². The van der Waals surface area contributed by atoms with Gasteiger partial charge in [0.1, 0.15) is 5.57 Å². The van der Waals surface area contributed by atoms with Crippen LogP contribution < -0.4 is 15.0 Å². The Kier molecular flexibility index (Phi) is 6.47. The third-order valence-corrected chi connectivity index (χ3v) is 4.75. The number of urea groups is 1. The zero-order valence-corrected chi connectivity index (χ0v) is 17.4. The van der Waals surface area contributed by atoms with Gasteiger partial charge in [-0.1, -0.05) is 47.8 Å². The molecule has 0 aliphatic carbocycles. The number of halogens is 3. The van der Waals surface area contributed by atoms with Crippen molar-refractivity contribution in [1.29, 1.82) is 0 Å². The van der Waals surface area contributed by atoms with Crippen molar-refractivity contribution in [3.05, 3.63) is 62.6 Å². The minimum Gasteiger partial charge on any atom is -0.490 e. The molecule has 3 rings (SSSR count). The van der Waals surface area contributed by atoms with E-state index in [1.807, 2.05) is 6.92 Å². The summed E-state index contributed by atoms with van der Waals surface area (Å²) in [5.41, 5.74) is 0.388. The largest absolute Gasteiger partial charge is 0.490 e. The molecule has 1 aliphatic rings. The molecule has 1 aliphatic heterocycles. The summed E-state index contributed by atoms with van der Waals surface area (Å²) in [5.74, 6) is -1.29. The van der Waals surface area contributed by atoms with Crippen molar-refractivity contribution in [2.75, 3.05) is 11.5 Å². The average Bonchev–Trinajstić information content (AvgIpc) is 2.64. The van der Waals surface area contributed by atoms with E-state index in [4.69, 9.17) is 39.5 Å². The van der Waals surface area contributed by atoms with Crippen LogP contribution >= 0.6 is 34.8 Å². The molecule has 9 heteroatoms. The molecule has 6 nitrogen and oxygen atoms in total. The van der Waals surface area contributed by atoms with Crippen molar-refractivity contribution < 1.29 is 19.1 Å². The maximum absolute atomic E-state index is 12.9. The first-order valence-corrected chi connectivity index (χ1v) is 9.74.